The molecule has 0 unspecified atom stereocenters. The molecule has 0 aliphatic rings. The third kappa shape index (κ3) is 3.20. The average Bonchev–Trinajstić information content (AvgIpc) is 3.27. The quantitative estimate of drug-likeness (QED) is 0.258. The zero-order valence-corrected chi connectivity index (χ0v) is 20.4. The first-order valence-corrected chi connectivity index (χ1v) is 12.0. The van der Waals surface area contributed by atoms with E-state index in [9.17, 15) is 15.8 Å². The Hall–Kier alpha value is -5.37. The predicted octanol–water partition coefficient (Wildman–Crippen LogP) is 7.84. The van der Waals surface area contributed by atoms with Crippen molar-refractivity contribution in [3.63, 3.8) is 0 Å². The Balaban J connectivity index is 1.57. The minimum absolute atomic E-state index is 0.375. The molecule has 6 rings (SSSR count). The fourth-order valence-electron chi connectivity index (χ4n) is 5.50. The summed E-state index contributed by atoms with van der Waals surface area (Å²) in [5.74, 6) is 0. The van der Waals surface area contributed by atoms with Gasteiger partial charge in [0, 0.05) is 22.0 Å². The lowest BCUT2D eigenvalue weighted by Crippen LogP contribution is -2.02. The molecule has 4 nitrogen and oxygen atoms in total. The van der Waals surface area contributed by atoms with Crippen LogP contribution in [0.4, 0.5) is 0 Å². The standard InChI is InChI=1S/C33H20N4/c1-20-28(17-34)21(2)30(19-36)33(29(20)18-35)24-12-11-23-16-25(14-13-22(23)15-24)37-31-9-5-3-7-26(31)27-8-4-6-10-32(27)37/h3-16H,1-2H3. The minimum Gasteiger partial charge on any atom is -0.309 e. The molecule has 0 saturated heterocycles. The van der Waals surface area contributed by atoms with Gasteiger partial charge in [-0.2, -0.15) is 15.8 Å². The molecule has 5 aromatic carbocycles. The zero-order valence-electron chi connectivity index (χ0n) is 20.4. The number of rotatable bonds is 2. The van der Waals surface area contributed by atoms with Crippen molar-refractivity contribution in [3.05, 3.63) is 113 Å². The molecule has 1 heterocycles. The molecular formula is C33H20N4. The van der Waals surface area contributed by atoms with Crippen molar-refractivity contribution >= 4 is 32.6 Å². The molecule has 6 aromatic rings. The maximum absolute atomic E-state index is 9.95. The highest BCUT2D eigenvalue weighted by Crippen LogP contribution is 2.37. The first kappa shape index (κ1) is 22.1. The van der Waals surface area contributed by atoms with Gasteiger partial charge in [0.2, 0.25) is 0 Å². The summed E-state index contributed by atoms with van der Waals surface area (Å²) < 4.78 is 2.28. The van der Waals surface area contributed by atoms with Crippen LogP contribution in [0.1, 0.15) is 27.8 Å². The number of nitrogens with zero attached hydrogens (tertiary/aromatic N) is 4. The van der Waals surface area contributed by atoms with Crippen LogP contribution in [0, 0.1) is 47.8 Å². The molecule has 0 atom stereocenters. The monoisotopic (exact) mass is 472 g/mol. The zero-order chi connectivity index (χ0) is 25.7. The number of benzene rings is 5. The molecule has 172 valence electrons. The van der Waals surface area contributed by atoms with E-state index in [0.717, 1.165) is 33.1 Å². The van der Waals surface area contributed by atoms with E-state index in [0.29, 0.717) is 33.4 Å². The molecule has 0 N–H and O–H groups in total. The molecule has 0 radical (unpaired) electrons. The van der Waals surface area contributed by atoms with E-state index in [-0.39, 0.29) is 0 Å². The van der Waals surface area contributed by atoms with Crippen molar-refractivity contribution in [2.75, 3.05) is 0 Å². The lowest BCUT2D eigenvalue weighted by Gasteiger charge is -2.15. The Labute approximate surface area is 214 Å². The largest absolute Gasteiger partial charge is 0.309 e. The molecule has 0 saturated carbocycles. The van der Waals surface area contributed by atoms with Gasteiger partial charge in [-0.3, -0.25) is 0 Å². The number of para-hydroxylation sites is 2. The van der Waals surface area contributed by atoms with Crippen LogP contribution in [-0.2, 0) is 0 Å². The molecular weight excluding hydrogens is 452 g/mol. The molecule has 0 aliphatic heterocycles. The highest BCUT2D eigenvalue weighted by atomic mass is 15.0. The van der Waals surface area contributed by atoms with E-state index >= 15 is 0 Å². The highest BCUT2D eigenvalue weighted by Gasteiger charge is 2.21. The minimum atomic E-state index is 0.375. The molecule has 4 heteroatoms. The number of fused-ring (bicyclic) bond motifs is 4. The molecule has 0 spiro atoms. The summed E-state index contributed by atoms with van der Waals surface area (Å²) in [7, 11) is 0. The first-order valence-electron chi connectivity index (χ1n) is 12.0. The van der Waals surface area contributed by atoms with Gasteiger partial charge in [-0.25, -0.2) is 0 Å². The number of nitriles is 3. The third-order valence-corrected chi connectivity index (χ3v) is 7.29. The van der Waals surface area contributed by atoms with Gasteiger partial charge in [0.15, 0.2) is 0 Å². The second-order valence-electron chi connectivity index (χ2n) is 9.20. The Bertz CT molecular complexity index is 1940. The smallest absolute Gasteiger partial charge is 0.100 e. The normalized spacial score (nSPS) is 10.9. The highest BCUT2D eigenvalue weighted by molar-refractivity contribution is 6.09. The van der Waals surface area contributed by atoms with Crippen molar-refractivity contribution in [1.82, 2.24) is 4.57 Å². The molecule has 0 aliphatic carbocycles. The van der Waals surface area contributed by atoms with Crippen LogP contribution in [0.5, 0.6) is 0 Å². The van der Waals surface area contributed by atoms with Crippen LogP contribution in [0.25, 0.3) is 49.4 Å². The lowest BCUT2D eigenvalue weighted by atomic mass is 9.85. The Kier molecular flexibility index (Phi) is 5.01. The summed E-state index contributed by atoms with van der Waals surface area (Å²) >= 11 is 0. The lowest BCUT2D eigenvalue weighted by molar-refractivity contribution is 1.19. The van der Waals surface area contributed by atoms with Crippen LogP contribution in [0.2, 0.25) is 0 Å². The van der Waals surface area contributed by atoms with Gasteiger partial charge in [0.05, 0.1) is 33.8 Å². The number of aromatic nitrogens is 1. The fraction of sp³-hybridized carbons (Fsp3) is 0.0606. The Morgan fingerprint density at radius 3 is 1.65 bits per heavy atom. The van der Waals surface area contributed by atoms with E-state index < -0.39 is 0 Å². The summed E-state index contributed by atoms with van der Waals surface area (Å²) in [6.07, 6.45) is 0. The predicted molar refractivity (Wildman–Crippen MR) is 147 cm³/mol. The number of hydrogen-bond donors (Lipinski definition) is 0. The second-order valence-corrected chi connectivity index (χ2v) is 9.20. The third-order valence-electron chi connectivity index (χ3n) is 7.29. The van der Waals surface area contributed by atoms with Crippen molar-refractivity contribution in [1.29, 1.82) is 15.8 Å². The molecule has 0 fully saturated rings. The van der Waals surface area contributed by atoms with Crippen LogP contribution in [0.3, 0.4) is 0 Å². The van der Waals surface area contributed by atoms with Crippen molar-refractivity contribution in [2.45, 2.75) is 13.8 Å². The molecule has 0 bridgehead atoms. The summed E-state index contributed by atoms with van der Waals surface area (Å²) in [6.45, 7) is 3.54. The van der Waals surface area contributed by atoms with E-state index in [2.05, 4.69) is 89.5 Å². The van der Waals surface area contributed by atoms with Gasteiger partial charge in [-0.05, 0) is 71.6 Å². The van der Waals surface area contributed by atoms with Crippen molar-refractivity contribution in [2.24, 2.45) is 0 Å². The second kappa shape index (κ2) is 8.39. The summed E-state index contributed by atoms with van der Waals surface area (Å²) in [5, 5.41) is 34.0. The van der Waals surface area contributed by atoms with Gasteiger partial charge >= 0.3 is 0 Å². The molecule has 1 aromatic heterocycles. The van der Waals surface area contributed by atoms with E-state index in [1.165, 1.54) is 10.8 Å². The summed E-state index contributed by atoms with van der Waals surface area (Å²) in [5.41, 5.74) is 7.12. The summed E-state index contributed by atoms with van der Waals surface area (Å²) in [6, 6.07) is 35.9. The topological polar surface area (TPSA) is 76.3 Å². The van der Waals surface area contributed by atoms with Gasteiger partial charge in [0.25, 0.3) is 0 Å². The Morgan fingerprint density at radius 1 is 0.568 bits per heavy atom. The molecule has 0 amide bonds. The Morgan fingerprint density at radius 2 is 1.08 bits per heavy atom. The van der Waals surface area contributed by atoms with Gasteiger partial charge < -0.3 is 4.57 Å². The average molecular weight is 473 g/mol. The van der Waals surface area contributed by atoms with Gasteiger partial charge in [0.1, 0.15) is 12.1 Å². The van der Waals surface area contributed by atoms with Gasteiger partial charge in [-0.1, -0.05) is 54.6 Å². The van der Waals surface area contributed by atoms with Crippen LogP contribution in [0.15, 0.2) is 84.9 Å². The maximum Gasteiger partial charge on any atom is 0.100 e. The SMILES string of the molecule is Cc1c(C#N)c(C)c(C#N)c(-c2ccc3cc(-n4c5ccccc5c5ccccc54)ccc3c2)c1C#N. The van der Waals surface area contributed by atoms with Gasteiger partial charge in [-0.15, -0.1) is 0 Å². The summed E-state index contributed by atoms with van der Waals surface area (Å²) in [4.78, 5) is 0. The van der Waals surface area contributed by atoms with Crippen LogP contribution in [-0.4, -0.2) is 4.57 Å². The maximum atomic E-state index is 9.95. The van der Waals surface area contributed by atoms with E-state index in [4.69, 9.17) is 0 Å². The number of hydrogen-bond acceptors (Lipinski definition) is 3. The van der Waals surface area contributed by atoms with Crippen molar-refractivity contribution in [3.8, 4) is 35.0 Å². The van der Waals surface area contributed by atoms with E-state index in [1.807, 2.05) is 18.2 Å². The fourth-order valence-corrected chi connectivity index (χ4v) is 5.50. The van der Waals surface area contributed by atoms with Crippen molar-refractivity contribution < 1.29 is 0 Å². The molecule has 37 heavy (non-hydrogen) atoms. The van der Waals surface area contributed by atoms with Crippen LogP contribution < -0.4 is 0 Å². The van der Waals surface area contributed by atoms with Crippen LogP contribution >= 0.6 is 0 Å². The first-order chi connectivity index (χ1) is 18.1. The van der Waals surface area contributed by atoms with E-state index in [1.54, 1.807) is 13.8 Å².